The van der Waals surface area contributed by atoms with E-state index >= 15 is 0 Å². The average Bonchev–Trinajstić information content (AvgIpc) is 2.71. The van der Waals surface area contributed by atoms with E-state index in [0.29, 0.717) is 6.42 Å². The maximum absolute atomic E-state index is 9.64. The van der Waals surface area contributed by atoms with Crippen LogP contribution in [0.4, 0.5) is 0 Å². The average molecular weight is 222 g/mol. The van der Waals surface area contributed by atoms with Crippen molar-refractivity contribution in [2.24, 2.45) is 0 Å². The summed E-state index contributed by atoms with van der Waals surface area (Å²) < 4.78 is 5.58. The molecule has 1 aliphatic heterocycles. The molecule has 0 aliphatic carbocycles. The molecule has 2 N–H and O–H groups in total. The van der Waals surface area contributed by atoms with Crippen LogP contribution in [-0.2, 0) is 11.2 Å². The van der Waals surface area contributed by atoms with E-state index in [9.17, 15) is 5.11 Å². The van der Waals surface area contributed by atoms with Gasteiger partial charge in [-0.25, -0.2) is 0 Å². The molecule has 0 unspecified atom stereocenters. The van der Waals surface area contributed by atoms with Gasteiger partial charge in [-0.05, 0) is 17.5 Å². The van der Waals surface area contributed by atoms with Crippen molar-refractivity contribution < 1.29 is 14.9 Å². The van der Waals surface area contributed by atoms with Crippen LogP contribution in [0.15, 0.2) is 24.3 Å². The second-order valence-electron chi connectivity index (χ2n) is 4.24. The predicted octanol–water partition coefficient (Wildman–Crippen LogP) is 1.43. The summed E-state index contributed by atoms with van der Waals surface area (Å²) in [5.41, 5.74) is 2.37. The normalized spacial score (nSPS) is 29.6. The number of ether oxygens (including phenoxy) is 1. The molecule has 0 saturated carbocycles. The van der Waals surface area contributed by atoms with Crippen LogP contribution in [0.3, 0.4) is 0 Å². The van der Waals surface area contributed by atoms with Crippen molar-refractivity contribution in [1.29, 1.82) is 0 Å². The van der Waals surface area contributed by atoms with E-state index < -0.39 is 12.2 Å². The molecule has 0 amide bonds. The van der Waals surface area contributed by atoms with Gasteiger partial charge in [-0.2, -0.15) is 0 Å². The quantitative estimate of drug-likeness (QED) is 0.813. The molecule has 2 rings (SSSR count). The Morgan fingerprint density at radius 1 is 1.31 bits per heavy atom. The molecule has 3 atom stereocenters. The SMILES string of the molecule is CCc1ccc([C@H]2C[C@H](O)[C@@H](CO)O2)cc1. The standard InChI is InChI=1S/C13H18O3/c1-2-9-3-5-10(6-4-9)12-7-11(15)13(8-14)16-12/h3-6,11-15H,2,7-8H2,1H3/t11-,12+,13+/m0/s1. The largest absolute Gasteiger partial charge is 0.394 e. The van der Waals surface area contributed by atoms with Crippen molar-refractivity contribution in [1.82, 2.24) is 0 Å². The zero-order valence-corrected chi connectivity index (χ0v) is 9.47. The van der Waals surface area contributed by atoms with Crippen LogP contribution in [-0.4, -0.2) is 29.0 Å². The highest BCUT2D eigenvalue weighted by Gasteiger charge is 2.33. The minimum Gasteiger partial charge on any atom is -0.394 e. The lowest BCUT2D eigenvalue weighted by molar-refractivity contribution is -0.0225. The van der Waals surface area contributed by atoms with Gasteiger partial charge < -0.3 is 14.9 Å². The number of aliphatic hydroxyl groups excluding tert-OH is 2. The monoisotopic (exact) mass is 222 g/mol. The predicted molar refractivity (Wildman–Crippen MR) is 61.1 cm³/mol. The Balaban J connectivity index is 2.08. The summed E-state index contributed by atoms with van der Waals surface area (Å²) >= 11 is 0. The lowest BCUT2D eigenvalue weighted by Gasteiger charge is -2.12. The first-order chi connectivity index (χ1) is 7.74. The third-order valence-electron chi connectivity index (χ3n) is 3.16. The molecule has 0 spiro atoms. The fraction of sp³-hybridized carbons (Fsp3) is 0.538. The molecule has 3 nitrogen and oxygen atoms in total. The van der Waals surface area contributed by atoms with E-state index in [-0.39, 0.29) is 12.7 Å². The molecule has 1 aromatic rings. The Kier molecular flexibility index (Phi) is 3.59. The lowest BCUT2D eigenvalue weighted by atomic mass is 10.0. The molecule has 1 heterocycles. The maximum atomic E-state index is 9.64. The van der Waals surface area contributed by atoms with Crippen LogP contribution in [0.1, 0.15) is 30.6 Å². The molecule has 3 heteroatoms. The van der Waals surface area contributed by atoms with Crippen LogP contribution < -0.4 is 0 Å². The van der Waals surface area contributed by atoms with E-state index in [0.717, 1.165) is 12.0 Å². The third-order valence-corrected chi connectivity index (χ3v) is 3.16. The van der Waals surface area contributed by atoms with Crippen molar-refractivity contribution >= 4 is 0 Å². The summed E-state index contributed by atoms with van der Waals surface area (Å²) in [4.78, 5) is 0. The van der Waals surface area contributed by atoms with Crippen molar-refractivity contribution in [2.75, 3.05) is 6.61 Å². The Labute approximate surface area is 95.7 Å². The van der Waals surface area contributed by atoms with Gasteiger partial charge in [-0.15, -0.1) is 0 Å². The maximum Gasteiger partial charge on any atom is 0.107 e. The molecule has 0 aromatic heterocycles. The van der Waals surface area contributed by atoms with E-state index in [4.69, 9.17) is 9.84 Å². The molecular weight excluding hydrogens is 204 g/mol. The van der Waals surface area contributed by atoms with Gasteiger partial charge in [0.25, 0.3) is 0 Å². The molecule has 0 bridgehead atoms. The first kappa shape index (κ1) is 11.6. The van der Waals surface area contributed by atoms with Crippen molar-refractivity contribution in [3.63, 3.8) is 0 Å². The van der Waals surface area contributed by atoms with Gasteiger partial charge in [-0.1, -0.05) is 31.2 Å². The number of hydrogen-bond donors (Lipinski definition) is 2. The number of hydrogen-bond acceptors (Lipinski definition) is 3. The minimum atomic E-state index is -0.555. The van der Waals surface area contributed by atoms with Gasteiger partial charge in [-0.3, -0.25) is 0 Å². The number of rotatable bonds is 3. The first-order valence-electron chi connectivity index (χ1n) is 5.77. The second-order valence-corrected chi connectivity index (χ2v) is 4.24. The molecule has 1 aliphatic rings. The Morgan fingerprint density at radius 2 is 2.00 bits per heavy atom. The van der Waals surface area contributed by atoms with Crippen LogP contribution in [0.2, 0.25) is 0 Å². The Bertz CT molecular complexity index is 334. The number of benzene rings is 1. The smallest absolute Gasteiger partial charge is 0.107 e. The van der Waals surface area contributed by atoms with Gasteiger partial charge in [0.05, 0.1) is 18.8 Å². The van der Waals surface area contributed by atoms with Crippen LogP contribution in [0, 0.1) is 0 Å². The molecular formula is C13H18O3. The third kappa shape index (κ3) is 2.26. The summed E-state index contributed by atoms with van der Waals surface area (Å²) in [6.45, 7) is 2.00. The molecule has 0 radical (unpaired) electrons. The van der Waals surface area contributed by atoms with Gasteiger partial charge in [0, 0.05) is 6.42 Å². The van der Waals surface area contributed by atoms with Crippen molar-refractivity contribution in [2.45, 2.75) is 38.1 Å². The summed E-state index contributed by atoms with van der Waals surface area (Å²) in [6, 6.07) is 8.24. The van der Waals surface area contributed by atoms with E-state index in [2.05, 4.69) is 19.1 Å². The van der Waals surface area contributed by atoms with Gasteiger partial charge in [0.1, 0.15) is 6.10 Å². The van der Waals surface area contributed by atoms with Crippen molar-refractivity contribution in [3.8, 4) is 0 Å². The second kappa shape index (κ2) is 4.95. The van der Waals surface area contributed by atoms with E-state index in [1.54, 1.807) is 0 Å². The molecule has 1 saturated heterocycles. The fourth-order valence-corrected chi connectivity index (χ4v) is 2.08. The molecule has 88 valence electrons. The highest BCUT2D eigenvalue weighted by Crippen LogP contribution is 2.32. The topological polar surface area (TPSA) is 49.7 Å². The van der Waals surface area contributed by atoms with Crippen LogP contribution in [0.5, 0.6) is 0 Å². The highest BCUT2D eigenvalue weighted by molar-refractivity contribution is 5.25. The molecule has 1 aromatic carbocycles. The van der Waals surface area contributed by atoms with Crippen LogP contribution >= 0.6 is 0 Å². The minimum absolute atomic E-state index is 0.0851. The van der Waals surface area contributed by atoms with Gasteiger partial charge >= 0.3 is 0 Å². The highest BCUT2D eigenvalue weighted by atomic mass is 16.5. The summed E-state index contributed by atoms with van der Waals surface area (Å²) in [5, 5.41) is 18.6. The van der Waals surface area contributed by atoms with E-state index in [1.165, 1.54) is 5.56 Å². The number of aliphatic hydroxyl groups is 2. The Morgan fingerprint density at radius 3 is 2.50 bits per heavy atom. The van der Waals surface area contributed by atoms with Gasteiger partial charge in [0.2, 0.25) is 0 Å². The molecule has 16 heavy (non-hydrogen) atoms. The zero-order chi connectivity index (χ0) is 11.5. The summed E-state index contributed by atoms with van der Waals surface area (Å²) in [5.74, 6) is 0. The van der Waals surface area contributed by atoms with Crippen LogP contribution in [0.25, 0.3) is 0 Å². The fourth-order valence-electron chi connectivity index (χ4n) is 2.08. The summed E-state index contributed by atoms with van der Waals surface area (Å²) in [6.07, 6.45) is 0.513. The lowest BCUT2D eigenvalue weighted by Crippen LogP contribution is -2.24. The number of aryl methyl sites for hydroxylation is 1. The Hall–Kier alpha value is -0.900. The van der Waals surface area contributed by atoms with E-state index in [1.807, 2.05) is 12.1 Å². The van der Waals surface area contributed by atoms with Crippen molar-refractivity contribution in [3.05, 3.63) is 35.4 Å². The van der Waals surface area contributed by atoms with Gasteiger partial charge in [0.15, 0.2) is 0 Å². The summed E-state index contributed by atoms with van der Waals surface area (Å²) in [7, 11) is 0. The zero-order valence-electron chi connectivity index (χ0n) is 9.47. The molecule has 1 fully saturated rings. The first-order valence-corrected chi connectivity index (χ1v) is 5.77.